The largest absolute Gasteiger partial charge is 0.454 e. The van der Waals surface area contributed by atoms with Crippen LogP contribution in [0.4, 0.5) is 17.1 Å². The molecule has 1 fully saturated rings. The van der Waals surface area contributed by atoms with Crippen LogP contribution in [0, 0.1) is 0 Å². The van der Waals surface area contributed by atoms with Crippen LogP contribution in [-0.2, 0) is 19.6 Å². The average molecular weight is 448 g/mol. The van der Waals surface area contributed by atoms with Gasteiger partial charge in [0.1, 0.15) is 6.54 Å². The van der Waals surface area contributed by atoms with Gasteiger partial charge in [-0.1, -0.05) is 0 Å². The number of morpholine rings is 1. The van der Waals surface area contributed by atoms with Crippen molar-refractivity contribution >= 4 is 33.0 Å². The van der Waals surface area contributed by atoms with Crippen LogP contribution in [0.2, 0.25) is 0 Å². The summed E-state index contributed by atoms with van der Waals surface area (Å²) in [5.41, 5.74) is 2.00. The van der Waals surface area contributed by atoms with Crippen molar-refractivity contribution in [3.63, 3.8) is 0 Å². The summed E-state index contributed by atoms with van der Waals surface area (Å²) in [6, 6.07) is 12.3. The fourth-order valence-corrected chi connectivity index (χ4v) is 4.51. The highest BCUT2D eigenvalue weighted by Gasteiger charge is 2.26. The zero-order chi connectivity index (χ0) is 21.8. The number of sulfonamides is 1. The maximum atomic E-state index is 12.7. The van der Waals surface area contributed by atoms with Crippen molar-refractivity contribution in [2.24, 2.45) is 0 Å². The van der Waals surface area contributed by atoms with E-state index in [1.54, 1.807) is 18.2 Å². The standard InChI is InChI=1S/C21H25N3O6S/c1-2-31(26,27)24(18-7-8-19-20(13-18)30-15-29-19)14-21(25)22-16-3-5-17(6-4-16)23-9-11-28-12-10-23/h3-8,13H,2,9-12,14-15H2,1H3,(H,22,25). The number of amides is 1. The third-order valence-corrected chi connectivity index (χ3v) is 6.90. The molecular formula is C21H25N3O6S. The van der Waals surface area contributed by atoms with Crippen molar-refractivity contribution in [2.75, 3.05) is 59.9 Å². The van der Waals surface area contributed by atoms with Crippen molar-refractivity contribution in [3.05, 3.63) is 42.5 Å². The molecule has 166 valence electrons. The van der Waals surface area contributed by atoms with Gasteiger partial charge >= 0.3 is 0 Å². The Hall–Kier alpha value is -2.98. The minimum absolute atomic E-state index is 0.0836. The molecule has 1 amide bonds. The second-order valence-electron chi connectivity index (χ2n) is 7.14. The lowest BCUT2D eigenvalue weighted by Gasteiger charge is -2.29. The average Bonchev–Trinajstić information content (AvgIpc) is 3.26. The first-order chi connectivity index (χ1) is 15.0. The maximum Gasteiger partial charge on any atom is 0.245 e. The van der Waals surface area contributed by atoms with Crippen LogP contribution < -0.4 is 24.0 Å². The molecule has 0 spiro atoms. The molecule has 4 rings (SSSR count). The van der Waals surface area contributed by atoms with Gasteiger partial charge in [0.05, 0.1) is 24.7 Å². The molecule has 2 aromatic carbocycles. The van der Waals surface area contributed by atoms with Crippen LogP contribution in [0.3, 0.4) is 0 Å². The van der Waals surface area contributed by atoms with E-state index in [-0.39, 0.29) is 19.1 Å². The zero-order valence-corrected chi connectivity index (χ0v) is 18.1. The van der Waals surface area contributed by atoms with E-state index < -0.39 is 15.9 Å². The van der Waals surface area contributed by atoms with E-state index >= 15 is 0 Å². The Labute approximate surface area is 181 Å². The number of anilines is 3. The smallest absolute Gasteiger partial charge is 0.245 e. The molecule has 9 nitrogen and oxygen atoms in total. The highest BCUT2D eigenvalue weighted by Crippen LogP contribution is 2.36. The van der Waals surface area contributed by atoms with E-state index in [9.17, 15) is 13.2 Å². The molecule has 1 N–H and O–H groups in total. The molecule has 10 heteroatoms. The Kier molecular flexibility index (Phi) is 6.19. The summed E-state index contributed by atoms with van der Waals surface area (Å²) >= 11 is 0. The molecule has 0 bridgehead atoms. The molecule has 0 aliphatic carbocycles. The Bertz CT molecular complexity index is 1040. The van der Waals surface area contributed by atoms with E-state index in [1.807, 2.05) is 24.3 Å². The fraction of sp³-hybridized carbons (Fsp3) is 0.381. The second kappa shape index (κ2) is 9.03. The van der Waals surface area contributed by atoms with E-state index in [0.717, 1.165) is 23.1 Å². The lowest BCUT2D eigenvalue weighted by Crippen LogP contribution is -2.39. The molecule has 0 saturated carbocycles. The molecule has 0 atom stereocenters. The second-order valence-corrected chi connectivity index (χ2v) is 9.32. The van der Waals surface area contributed by atoms with Gasteiger partial charge in [0.2, 0.25) is 22.7 Å². The molecule has 0 unspecified atom stereocenters. The van der Waals surface area contributed by atoms with Gasteiger partial charge in [-0.3, -0.25) is 9.10 Å². The fourth-order valence-electron chi connectivity index (χ4n) is 3.45. The predicted octanol–water partition coefficient (Wildman–Crippen LogP) is 2.05. The summed E-state index contributed by atoms with van der Waals surface area (Å²) in [6.45, 7) is 4.31. The third kappa shape index (κ3) is 4.86. The number of hydrogen-bond acceptors (Lipinski definition) is 7. The van der Waals surface area contributed by atoms with Gasteiger partial charge in [-0.05, 0) is 43.3 Å². The van der Waals surface area contributed by atoms with Crippen molar-refractivity contribution in [2.45, 2.75) is 6.92 Å². The number of carbonyl (C=O) groups excluding carboxylic acids is 1. The summed E-state index contributed by atoms with van der Waals surface area (Å²) in [6.07, 6.45) is 0. The minimum Gasteiger partial charge on any atom is -0.454 e. The van der Waals surface area contributed by atoms with Gasteiger partial charge < -0.3 is 24.4 Å². The molecule has 2 aliphatic heterocycles. The van der Waals surface area contributed by atoms with Crippen molar-refractivity contribution < 1.29 is 27.4 Å². The van der Waals surface area contributed by atoms with E-state index in [2.05, 4.69) is 10.2 Å². The van der Waals surface area contributed by atoms with Crippen LogP contribution in [0.15, 0.2) is 42.5 Å². The number of nitrogens with one attached hydrogen (secondary N) is 1. The SMILES string of the molecule is CCS(=O)(=O)N(CC(=O)Nc1ccc(N2CCOCC2)cc1)c1ccc2c(c1)OCO2. The lowest BCUT2D eigenvalue weighted by atomic mass is 10.2. The van der Waals surface area contributed by atoms with E-state index in [4.69, 9.17) is 14.2 Å². The predicted molar refractivity (Wildman–Crippen MR) is 117 cm³/mol. The number of rotatable bonds is 7. The molecule has 2 aromatic rings. The minimum atomic E-state index is -3.68. The number of nitrogens with zero attached hydrogens (tertiary/aromatic N) is 2. The van der Waals surface area contributed by atoms with Crippen molar-refractivity contribution in [1.82, 2.24) is 0 Å². The Morgan fingerprint density at radius 3 is 2.48 bits per heavy atom. The van der Waals surface area contributed by atoms with Gasteiger partial charge in [-0.15, -0.1) is 0 Å². The maximum absolute atomic E-state index is 12.7. The van der Waals surface area contributed by atoms with Crippen LogP contribution in [0.5, 0.6) is 11.5 Å². The third-order valence-electron chi connectivity index (χ3n) is 5.16. The number of fused-ring (bicyclic) bond motifs is 1. The molecule has 31 heavy (non-hydrogen) atoms. The van der Waals surface area contributed by atoms with Crippen LogP contribution >= 0.6 is 0 Å². The lowest BCUT2D eigenvalue weighted by molar-refractivity contribution is -0.114. The summed E-state index contributed by atoms with van der Waals surface area (Å²) in [7, 11) is -3.68. The summed E-state index contributed by atoms with van der Waals surface area (Å²) in [5, 5.41) is 2.78. The highest BCUT2D eigenvalue weighted by atomic mass is 32.2. The molecular weight excluding hydrogens is 422 g/mol. The number of benzene rings is 2. The van der Waals surface area contributed by atoms with Gasteiger partial charge in [0.25, 0.3) is 0 Å². The number of carbonyl (C=O) groups is 1. The molecule has 2 aliphatic rings. The molecule has 1 saturated heterocycles. The van der Waals surface area contributed by atoms with Crippen LogP contribution in [0.25, 0.3) is 0 Å². The first-order valence-electron chi connectivity index (χ1n) is 10.1. The van der Waals surface area contributed by atoms with Crippen LogP contribution in [-0.4, -0.2) is 59.7 Å². The first-order valence-corrected chi connectivity index (χ1v) is 11.7. The van der Waals surface area contributed by atoms with Gasteiger partial charge in [-0.25, -0.2) is 8.42 Å². The van der Waals surface area contributed by atoms with Gasteiger partial charge in [0.15, 0.2) is 11.5 Å². The number of hydrogen-bond donors (Lipinski definition) is 1. The summed E-state index contributed by atoms with van der Waals surface area (Å²) in [5.74, 6) is 0.423. The highest BCUT2D eigenvalue weighted by molar-refractivity contribution is 7.92. The molecule has 2 heterocycles. The Balaban J connectivity index is 1.46. The monoisotopic (exact) mass is 447 g/mol. The van der Waals surface area contributed by atoms with E-state index in [1.165, 1.54) is 6.92 Å². The summed E-state index contributed by atoms with van der Waals surface area (Å²) in [4.78, 5) is 14.9. The Morgan fingerprint density at radius 1 is 1.06 bits per heavy atom. The van der Waals surface area contributed by atoms with Crippen molar-refractivity contribution in [3.8, 4) is 11.5 Å². The van der Waals surface area contributed by atoms with Gasteiger partial charge in [0, 0.05) is 30.5 Å². The van der Waals surface area contributed by atoms with Crippen LogP contribution in [0.1, 0.15) is 6.92 Å². The molecule has 0 radical (unpaired) electrons. The summed E-state index contributed by atoms with van der Waals surface area (Å²) < 4.78 is 42.4. The topological polar surface area (TPSA) is 97.4 Å². The zero-order valence-electron chi connectivity index (χ0n) is 17.2. The first kappa shape index (κ1) is 21.3. The quantitative estimate of drug-likeness (QED) is 0.694. The molecule has 0 aromatic heterocycles. The number of ether oxygens (including phenoxy) is 3. The Morgan fingerprint density at radius 2 is 1.77 bits per heavy atom. The van der Waals surface area contributed by atoms with Gasteiger partial charge in [-0.2, -0.15) is 0 Å². The van der Waals surface area contributed by atoms with E-state index in [0.29, 0.717) is 36.1 Å². The van der Waals surface area contributed by atoms with Crippen molar-refractivity contribution in [1.29, 1.82) is 0 Å². The normalized spacial score (nSPS) is 15.6.